The first-order chi connectivity index (χ1) is 11.5. The molecule has 0 fully saturated rings. The highest BCUT2D eigenvalue weighted by molar-refractivity contribution is 7.92. The summed E-state index contributed by atoms with van der Waals surface area (Å²) in [5.74, 6) is -0.0567. The molecular formula is C19H23NO3S. The number of hydrogen-bond donors (Lipinski definition) is 2. The third-order valence-electron chi connectivity index (χ3n) is 3.80. The van der Waals surface area contributed by atoms with Gasteiger partial charge < -0.3 is 5.11 Å². The molecule has 2 aromatic carbocycles. The molecule has 128 valence electrons. The van der Waals surface area contributed by atoms with Crippen LogP contribution in [-0.2, 0) is 10.0 Å². The molecule has 5 heteroatoms. The highest BCUT2D eigenvalue weighted by Crippen LogP contribution is 2.18. The van der Waals surface area contributed by atoms with Crippen LogP contribution in [0.1, 0.15) is 29.0 Å². The largest absolute Gasteiger partial charge is 0.396 e. The Hall–Kier alpha value is -1.95. The summed E-state index contributed by atoms with van der Waals surface area (Å²) in [5, 5.41) is 10.4. The van der Waals surface area contributed by atoms with E-state index in [1.54, 1.807) is 6.08 Å². The number of aliphatic hydroxyl groups excluding tert-OH is 1. The van der Waals surface area contributed by atoms with Crippen molar-refractivity contribution in [2.75, 3.05) is 13.2 Å². The second-order valence-corrected chi connectivity index (χ2v) is 7.38. The summed E-state index contributed by atoms with van der Waals surface area (Å²) in [4.78, 5) is 0. The lowest BCUT2D eigenvalue weighted by atomic mass is 9.96. The molecule has 0 aromatic heterocycles. The molecule has 0 bridgehead atoms. The molecule has 0 aliphatic heterocycles. The van der Waals surface area contributed by atoms with Gasteiger partial charge in [0, 0.05) is 18.6 Å². The van der Waals surface area contributed by atoms with Crippen LogP contribution in [0.5, 0.6) is 0 Å². The normalized spacial score (nSPS) is 13.2. The number of nitrogens with one attached hydrogen (secondary N) is 1. The zero-order valence-electron chi connectivity index (χ0n) is 13.7. The second-order valence-electron chi connectivity index (χ2n) is 5.73. The third kappa shape index (κ3) is 5.92. The maximum Gasteiger partial charge on any atom is 0.233 e. The van der Waals surface area contributed by atoms with Crippen molar-refractivity contribution in [1.29, 1.82) is 0 Å². The first-order valence-electron chi connectivity index (χ1n) is 7.90. The van der Waals surface area contributed by atoms with E-state index in [9.17, 15) is 13.5 Å². The topological polar surface area (TPSA) is 66.4 Å². The average Bonchev–Trinajstić information content (AvgIpc) is 2.59. The minimum absolute atomic E-state index is 0.0144. The number of hydrogen-bond acceptors (Lipinski definition) is 3. The quantitative estimate of drug-likeness (QED) is 0.773. The zero-order valence-corrected chi connectivity index (χ0v) is 14.5. The number of sulfonamides is 1. The van der Waals surface area contributed by atoms with Crippen LogP contribution in [0.2, 0.25) is 0 Å². The van der Waals surface area contributed by atoms with Crippen molar-refractivity contribution in [1.82, 2.24) is 4.72 Å². The maximum atomic E-state index is 12.2. The first kappa shape index (κ1) is 18.4. The molecule has 2 N–H and O–H groups in total. The monoisotopic (exact) mass is 345 g/mol. The molecule has 0 spiro atoms. The predicted molar refractivity (Wildman–Crippen MR) is 98.0 cm³/mol. The Labute approximate surface area is 143 Å². The Morgan fingerprint density at radius 2 is 1.75 bits per heavy atom. The molecule has 0 saturated heterocycles. The van der Waals surface area contributed by atoms with E-state index in [1.807, 2.05) is 61.5 Å². The molecule has 0 amide bonds. The van der Waals surface area contributed by atoms with E-state index in [4.69, 9.17) is 0 Å². The van der Waals surface area contributed by atoms with E-state index in [0.29, 0.717) is 6.42 Å². The highest BCUT2D eigenvalue weighted by atomic mass is 32.2. The van der Waals surface area contributed by atoms with Gasteiger partial charge in [0.2, 0.25) is 10.0 Å². The Morgan fingerprint density at radius 1 is 1.08 bits per heavy atom. The lowest BCUT2D eigenvalue weighted by molar-refractivity contribution is 0.275. The predicted octanol–water partition coefficient (Wildman–Crippen LogP) is 3.05. The summed E-state index contributed by atoms with van der Waals surface area (Å²) < 4.78 is 26.9. The molecule has 0 radical (unpaired) electrons. The van der Waals surface area contributed by atoms with Crippen LogP contribution in [-0.4, -0.2) is 26.7 Å². The molecular weight excluding hydrogens is 322 g/mol. The van der Waals surface area contributed by atoms with E-state index in [2.05, 4.69) is 4.72 Å². The minimum atomic E-state index is -3.52. The number of aliphatic hydroxyl groups is 1. The average molecular weight is 345 g/mol. The fraction of sp³-hybridized carbons (Fsp3) is 0.263. The van der Waals surface area contributed by atoms with Gasteiger partial charge in [0.05, 0.1) is 0 Å². The molecule has 0 aliphatic rings. The zero-order chi connectivity index (χ0) is 17.4. The summed E-state index contributed by atoms with van der Waals surface area (Å²) in [6, 6.07) is 17.2. The van der Waals surface area contributed by atoms with Crippen LogP contribution in [0.3, 0.4) is 0 Å². The van der Waals surface area contributed by atoms with Crippen molar-refractivity contribution in [2.45, 2.75) is 19.3 Å². The van der Waals surface area contributed by atoms with Gasteiger partial charge in [-0.05, 0) is 36.5 Å². The lowest BCUT2D eigenvalue weighted by Gasteiger charge is -2.16. The van der Waals surface area contributed by atoms with Gasteiger partial charge in [0.1, 0.15) is 0 Å². The van der Waals surface area contributed by atoms with E-state index in [-0.39, 0.29) is 19.1 Å². The SMILES string of the molecule is Cc1ccc(/C=C/S(=O)(=O)NCC(CCO)c2ccccc2)cc1. The van der Waals surface area contributed by atoms with E-state index in [1.165, 1.54) is 5.41 Å². The van der Waals surface area contributed by atoms with Crippen LogP contribution in [0.25, 0.3) is 6.08 Å². The molecule has 1 atom stereocenters. The van der Waals surface area contributed by atoms with Gasteiger partial charge in [-0.25, -0.2) is 13.1 Å². The van der Waals surface area contributed by atoms with Crippen molar-refractivity contribution in [3.8, 4) is 0 Å². The van der Waals surface area contributed by atoms with Crippen molar-refractivity contribution < 1.29 is 13.5 Å². The molecule has 0 heterocycles. The highest BCUT2D eigenvalue weighted by Gasteiger charge is 2.14. The summed E-state index contributed by atoms with van der Waals surface area (Å²) in [7, 11) is -3.52. The van der Waals surface area contributed by atoms with Crippen LogP contribution in [0, 0.1) is 6.92 Å². The van der Waals surface area contributed by atoms with Gasteiger partial charge in [-0.1, -0.05) is 60.2 Å². The minimum Gasteiger partial charge on any atom is -0.396 e. The van der Waals surface area contributed by atoms with Crippen molar-refractivity contribution in [2.24, 2.45) is 0 Å². The Balaban J connectivity index is 2.01. The number of aryl methyl sites for hydroxylation is 1. The van der Waals surface area contributed by atoms with Crippen LogP contribution >= 0.6 is 0 Å². The Kier molecular flexibility index (Phi) is 6.73. The molecule has 1 unspecified atom stereocenters. The van der Waals surface area contributed by atoms with E-state index < -0.39 is 10.0 Å². The smallest absolute Gasteiger partial charge is 0.233 e. The Morgan fingerprint density at radius 3 is 2.38 bits per heavy atom. The first-order valence-corrected chi connectivity index (χ1v) is 9.45. The summed E-state index contributed by atoms with van der Waals surface area (Å²) in [6.07, 6.45) is 2.08. The van der Waals surface area contributed by atoms with Gasteiger partial charge in [-0.2, -0.15) is 0 Å². The van der Waals surface area contributed by atoms with E-state index in [0.717, 1.165) is 16.7 Å². The Bertz CT molecular complexity index is 753. The second kappa shape index (κ2) is 8.78. The summed E-state index contributed by atoms with van der Waals surface area (Å²) in [6.45, 7) is 2.25. The maximum absolute atomic E-state index is 12.2. The molecule has 2 aromatic rings. The standard InChI is InChI=1S/C19H23NO3S/c1-16-7-9-17(10-8-16)12-14-24(22,23)20-15-19(11-13-21)18-5-3-2-4-6-18/h2-10,12,14,19-21H,11,13,15H2,1H3/b14-12+. The van der Waals surface area contributed by atoms with Gasteiger partial charge in [0.25, 0.3) is 0 Å². The van der Waals surface area contributed by atoms with Crippen molar-refractivity contribution in [3.05, 3.63) is 76.7 Å². The molecule has 2 rings (SSSR count). The number of benzene rings is 2. The van der Waals surface area contributed by atoms with Crippen molar-refractivity contribution >= 4 is 16.1 Å². The molecule has 24 heavy (non-hydrogen) atoms. The number of rotatable bonds is 8. The van der Waals surface area contributed by atoms with Crippen LogP contribution in [0.15, 0.2) is 60.0 Å². The van der Waals surface area contributed by atoms with Gasteiger partial charge in [0.15, 0.2) is 0 Å². The lowest BCUT2D eigenvalue weighted by Crippen LogP contribution is -2.27. The third-order valence-corrected chi connectivity index (χ3v) is 4.86. The molecule has 0 saturated carbocycles. The fourth-order valence-corrected chi connectivity index (χ4v) is 3.24. The van der Waals surface area contributed by atoms with Crippen LogP contribution < -0.4 is 4.72 Å². The van der Waals surface area contributed by atoms with Gasteiger partial charge in [-0.15, -0.1) is 0 Å². The van der Waals surface area contributed by atoms with Gasteiger partial charge in [-0.3, -0.25) is 0 Å². The van der Waals surface area contributed by atoms with Crippen LogP contribution in [0.4, 0.5) is 0 Å². The summed E-state index contributed by atoms with van der Waals surface area (Å²) in [5.41, 5.74) is 2.97. The summed E-state index contributed by atoms with van der Waals surface area (Å²) >= 11 is 0. The molecule has 0 aliphatic carbocycles. The fourth-order valence-electron chi connectivity index (χ4n) is 2.38. The molecule has 4 nitrogen and oxygen atoms in total. The van der Waals surface area contributed by atoms with E-state index >= 15 is 0 Å². The van der Waals surface area contributed by atoms with Crippen molar-refractivity contribution in [3.63, 3.8) is 0 Å². The van der Waals surface area contributed by atoms with Gasteiger partial charge >= 0.3 is 0 Å².